The minimum Gasteiger partial charge on any atom is -0.493 e. The number of rotatable bonds is 8. The Morgan fingerprint density at radius 1 is 1.10 bits per heavy atom. The molecule has 1 aromatic rings. The van der Waals surface area contributed by atoms with Crippen molar-refractivity contribution in [2.24, 2.45) is 0 Å². The summed E-state index contributed by atoms with van der Waals surface area (Å²) < 4.78 is 15.7. The molecule has 1 rings (SSSR count). The lowest BCUT2D eigenvalue weighted by molar-refractivity contribution is 0.104. The standard InChI is InChI=1S/C16H22O4/c1-5-6-7-8-9-13(17)12-10-14(18-2)16(20-4)15(11-12)19-3/h8-11H,5-7H2,1-4H3/b9-8+. The Labute approximate surface area is 120 Å². The highest BCUT2D eigenvalue weighted by Gasteiger charge is 2.15. The van der Waals surface area contributed by atoms with Crippen molar-refractivity contribution in [1.82, 2.24) is 0 Å². The van der Waals surface area contributed by atoms with Crippen LogP contribution in [0.1, 0.15) is 36.5 Å². The molecule has 0 aliphatic heterocycles. The number of allylic oxidation sites excluding steroid dienone is 2. The van der Waals surface area contributed by atoms with Crippen molar-refractivity contribution in [3.63, 3.8) is 0 Å². The van der Waals surface area contributed by atoms with Crippen LogP contribution in [0.4, 0.5) is 0 Å². The molecule has 0 unspecified atom stereocenters. The SMILES string of the molecule is CCCC/C=C/C(=O)c1cc(OC)c(OC)c(OC)c1. The van der Waals surface area contributed by atoms with Gasteiger partial charge in [-0.2, -0.15) is 0 Å². The van der Waals surface area contributed by atoms with E-state index in [0.717, 1.165) is 19.3 Å². The third-order valence-electron chi connectivity index (χ3n) is 2.94. The first-order valence-electron chi connectivity index (χ1n) is 6.68. The number of carbonyl (C=O) groups is 1. The first kappa shape index (κ1) is 16.1. The number of ether oxygens (including phenoxy) is 3. The largest absolute Gasteiger partial charge is 0.493 e. The maximum atomic E-state index is 12.1. The molecule has 0 saturated heterocycles. The zero-order valence-electron chi connectivity index (χ0n) is 12.6. The van der Waals surface area contributed by atoms with Crippen LogP contribution in [0.25, 0.3) is 0 Å². The fraction of sp³-hybridized carbons (Fsp3) is 0.438. The van der Waals surface area contributed by atoms with Gasteiger partial charge in [0.05, 0.1) is 21.3 Å². The molecule has 20 heavy (non-hydrogen) atoms. The summed E-state index contributed by atoms with van der Waals surface area (Å²) in [6.45, 7) is 2.12. The fourth-order valence-electron chi connectivity index (χ4n) is 1.83. The molecule has 0 amide bonds. The lowest BCUT2D eigenvalue weighted by atomic mass is 10.1. The molecule has 0 fully saturated rings. The third-order valence-corrected chi connectivity index (χ3v) is 2.94. The van der Waals surface area contributed by atoms with Gasteiger partial charge in [0.15, 0.2) is 17.3 Å². The average Bonchev–Trinajstić information content (AvgIpc) is 2.49. The van der Waals surface area contributed by atoms with Gasteiger partial charge in [0, 0.05) is 5.56 Å². The second kappa shape index (κ2) is 8.25. The van der Waals surface area contributed by atoms with Gasteiger partial charge in [-0.25, -0.2) is 0 Å². The van der Waals surface area contributed by atoms with Crippen molar-refractivity contribution in [3.8, 4) is 17.2 Å². The summed E-state index contributed by atoms with van der Waals surface area (Å²) in [6.07, 6.45) is 6.60. The second-order valence-corrected chi connectivity index (χ2v) is 4.32. The van der Waals surface area contributed by atoms with Crippen molar-refractivity contribution in [2.75, 3.05) is 21.3 Å². The molecular weight excluding hydrogens is 256 g/mol. The molecule has 4 nitrogen and oxygen atoms in total. The summed E-state index contributed by atoms with van der Waals surface area (Å²) in [4.78, 5) is 12.1. The van der Waals surface area contributed by atoms with Gasteiger partial charge < -0.3 is 14.2 Å². The van der Waals surface area contributed by atoms with E-state index in [1.165, 1.54) is 21.3 Å². The summed E-state index contributed by atoms with van der Waals surface area (Å²) >= 11 is 0. The summed E-state index contributed by atoms with van der Waals surface area (Å²) in [5, 5.41) is 0. The van der Waals surface area contributed by atoms with Gasteiger partial charge in [0.25, 0.3) is 0 Å². The van der Waals surface area contributed by atoms with Gasteiger partial charge >= 0.3 is 0 Å². The van der Waals surface area contributed by atoms with Crippen LogP contribution in [0.5, 0.6) is 17.2 Å². The number of carbonyl (C=O) groups excluding carboxylic acids is 1. The van der Waals surface area contributed by atoms with Crippen molar-refractivity contribution in [2.45, 2.75) is 26.2 Å². The van der Waals surface area contributed by atoms with Gasteiger partial charge in [-0.1, -0.05) is 25.8 Å². The van der Waals surface area contributed by atoms with E-state index < -0.39 is 0 Å². The van der Waals surface area contributed by atoms with Crippen LogP contribution < -0.4 is 14.2 Å². The minimum atomic E-state index is -0.0691. The Kier molecular flexibility index (Phi) is 6.64. The van der Waals surface area contributed by atoms with Crippen LogP contribution in [-0.2, 0) is 0 Å². The number of benzene rings is 1. The molecule has 0 radical (unpaired) electrons. The van der Waals surface area contributed by atoms with E-state index >= 15 is 0 Å². The van der Waals surface area contributed by atoms with Crippen molar-refractivity contribution >= 4 is 5.78 Å². The minimum absolute atomic E-state index is 0.0691. The molecule has 0 heterocycles. The summed E-state index contributed by atoms with van der Waals surface area (Å²) in [5.41, 5.74) is 0.521. The maximum absolute atomic E-state index is 12.1. The third kappa shape index (κ3) is 4.02. The number of hydrogen-bond donors (Lipinski definition) is 0. The molecular formula is C16H22O4. The van der Waals surface area contributed by atoms with Gasteiger partial charge in [-0.15, -0.1) is 0 Å². The van der Waals surface area contributed by atoms with Crippen LogP contribution in [0.3, 0.4) is 0 Å². The zero-order chi connectivity index (χ0) is 15.0. The quantitative estimate of drug-likeness (QED) is 0.414. The van der Waals surface area contributed by atoms with E-state index in [0.29, 0.717) is 22.8 Å². The van der Waals surface area contributed by atoms with Crippen LogP contribution in [0.2, 0.25) is 0 Å². The van der Waals surface area contributed by atoms with Gasteiger partial charge in [-0.3, -0.25) is 4.79 Å². The topological polar surface area (TPSA) is 44.8 Å². The summed E-state index contributed by atoms with van der Waals surface area (Å²) in [6, 6.07) is 3.32. The number of hydrogen-bond acceptors (Lipinski definition) is 4. The maximum Gasteiger partial charge on any atom is 0.203 e. The molecule has 0 atom stereocenters. The smallest absolute Gasteiger partial charge is 0.203 e. The van der Waals surface area contributed by atoms with Crippen molar-refractivity contribution < 1.29 is 19.0 Å². The van der Waals surface area contributed by atoms with Crippen LogP contribution in [0, 0.1) is 0 Å². The molecule has 0 N–H and O–H groups in total. The Hall–Kier alpha value is -1.97. The normalized spacial score (nSPS) is 10.6. The van der Waals surface area contributed by atoms with E-state index in [9.17, 15) is 4.79 Å². The monoisotopic (exact) mass is 278 g/mol. The lowest BCUT2D eigenvalue weighted by Gasteiger charge is -2.13. The number of methoxy groups -OCH3 is 3. The van der Waals surface area contributed by atoms with E-state index in [4.69, 9.17) is 14.2 Å². The van der Waals surface area contributed by atoms with Gasteiger partial charge in [0.2, 0.25) is 5.75 Å². The Bertz CT molecular complexity index is 452. The second-order valence-electron chi connectivity index (χ2n) is 4.32. The van der Waals surface area contributed by atoms with Crippen LogP contribution >= 0.6 is 0 Å². The first-order chi connectivity index (χ1) is 9.67. The molecule has 0 spiro atoms. The van der Waals surface area contributed by atoms with E-state index in [2.05, 4.69) is 6.92 Å². The van der Waals surface area contributed by atoms with Gasteiger partial charge in [-0.05, 0) is 24.6 Å². The number of unbranched alkanes of at least 4 members (excludes halogenated alkanes) is 2. The van der Waals surface area contributed by atoms with Crippen molar-refractivity contribution in [3.05, 3.63) is 29.8 Å². The molecule has 110 valence electrons. The molecule has 1 aromatic carbocycles. The van der Waals surface area contributed by atoms with Crippen molar-refractivity contribution in [1.29, 1.82) is 0 Å². The fourth-order valence-corrected chi connectivity index (χ4v) is 1.83. The highest BCUT2D eigenvalue weighted by atomic mass is 16.5. The Morgan fingerprint density at radius 3 is 2.15 bits per heavy atom. The Balaban J connectivity index is 3.00. The zero-order valence-corrected chi connectivity index (χ0v) is 12.6. The van der Waals surface area contributed by atoms with Crippen LogP contribution in [0.15, 0.2) is 24.3 Å². The first-order valence-corrected chi connectivity index (χ1v) is 6.68. The molecule has 0 bridgehead atoms. The average molecular weight is 278 g/mol. The Morgan fingerprint density at radius 2 is 1.70 bits per heavy atom. The number of ketones is 1. The summed E-state index contributed by atoms with van der Waals surface area (Å²) in [5.74, 6) is 1.39. The summed E-state index contributed by atoms with van der Waals surface area (Å²) in [7, 11) is 4.60. The highest BCUT2D eigenvalue weighted by Crippen LogP contribution is 2.38. The molecule has 0 aromatic heterocycles. The highest BCUT2D eigenvalue weighted by molar-refractivity contribution is 6.05. The molecule has 0 aliphatic rings. The lowest BCUT2D eigenvalue weighted by Crippen LogP contribution is -2.00. The van der Waals surface area contributed by atoms with Gasteiger partial charge in [0.1, 0.15) is 0 Å². The predicted molar refractivity (Wildman–Crippen MR) is 79.1 cm³/mol. The molecule has 0 saturated carbocycles. The van der Waals surface area contributed by atoms with Crippen LogP contribution in [-0.4, -0.2) is 27.1 Å². The predicted octanol–water partition coefficient (Wildman–Crippen LogP) is 3.64. The van der Waals surface area contributed by atoms with E-state index in [1.807, 2.05) is 6.08 Å². The van der Waals surface area contributed by atoms with E-state index in [-0.39, 0.29) is 5.78 Å². The van der Waals surface area contributed by atoms with E-state index in [1.54, 1.807) is 18.2 Å². The molecule has 0 aliphatic carbocycles. The molecule has 4 heteroatoms.